The highest BCUT2D eigenvalue weighted by Gasteiger charge is 2.31. The van der Waals surface area contributed by atoms with Crippen LogP contribution < -0.4 is 10.6 Å². The number of sulfone groups is 1. The van der Waals surface area contributed by atoms with Gasteiger partial charge in [-0.3, -0.25) is 9.59 Å². The Kier molecular flexibility index (Phi) is 7.38. The molecule has 2 N–H and O–H groups in total. The first-order valence-electron chi connectivity index (χ1n) is 10.4. The van der Waals surface area contributed by atoms with Gasteiger partial charge in [-0.2, -0.15) is 0 Å². The van der Waals surface area contributed by atoms with E-state index in [0.29, 0.717) is 29.1 Å². The third-order valence-corrected chi connectivity index (χ3v) is 8.03. The molecule has 0 bridgehead atoms. The maximum absolute atomic E-state index is 12.9. The second-order valence-electron chi connectivity index (χ2n) is 8.17. The zero-order chi connectivity index (χ0) is 22.6. The molecule has 1 atom stereocenters. The quantitative estimate of drug-likeness (QED) is 0.635. The van der Waals surface area contributed by atoms with E-state index in [2.05, 4.69) is 10.6 Å². The van der Waals surface area contributed by atoms with Crippen molar-refractivity contribution in [3.05, 3.63) is 59.1 Å². The molecule has 0 spiro atoms. The zero-order valence-electron chi connectivity index (χ0n) is 17.6. The van der Waals surface area contributed by atoms with E-state index < -0.39 is 21.8 Å². The third kappa shape index (κ3) is 5.66. The number of hydrogen-bond donors (Lipinski definition) is 2. The van der Waals surface area contributed by atoms with Gasteiger partial charge in [-0.15, -0.1) is 0 Å². The van der Waals surface area contributed by atoms with Gasteiger partial charge in [-0.05, 0) is 61.2 Å². The summed E-state index contributed by atoms with van der Waals surface area (Å²) in [6.07, 6.45) is 3.18. The molecule has 8 heteroatoms. The van der Waals surface area contributed by atoms with Crippen LogP contribution in [0.25, 0.3) is 0 Å². The Bertz CT molecular complexity index is 1050. The Hall–Kier alpha value is -2.38. The van der Waals surface area contributed by atoms with Crippen LogP contribution in [0, 0.1) is 5.92 Å². The first-order chi connectivity index (χ1) is 14.7. The van der Waals surface area contributed by atoms with Crippen molar-refractivity contribution in [2.75, 3.05) is 5.32 Å². The van der Waals surface area contributed by atoms with Gasteiger partial charge in [0.1, 0.15) is 6.04 Å². The Morgan fingerprint density at radius 1 is 1.03 bits per heavy atom. The molecule has 31 heavy (non-hydrogen) atoms. The Balaban J connectivity index is 1.73. The Labute approximate surface area is 188 Å². The van der Waals surface area contributed by atoms with Crippen LogP contribution in [0.15, 0.2) is 53.4 Å². The molecule has 2 aromatic carbocycles. The minimum Gasteiger partial charge on any atom is -0.340 e. The lowest BCUT2D eigenvalue weighted by atomic mass is 10.0. The SMILES string of the molecule is CC(C)C(NC(=O)c1ccc(Cl)cc1)C(=O)Nc1cccc(S(=O)(=O)C2CCCC2)c1. The average Bonchev–Trinajstić information content (AvgIpc) is 3.28. The van der Waals surface area contributed by atoms with E-state index in [-0.39, 0.29) is 22.0 Å². The molecule has 1 saturated carbocycles. The second kappa shape index (κ2) is 9.83. The van der Waals surface area contributed by atoms with Crippen LogP contribution >= 0.6 is 11.6 Å². The third-order valence-electron chi connectivity index (χ3n) is 5.51. The highest BCUT2D eigenvalue weighted by atomic mass is 35.5. The molecule has 3 rings (SSSR count). The van der Waals surface area contributed by atoms with E-state index in [1.165, 1.54) is 6.07 Å². The van der Waals surface area contributed by atoms with Crippen molar-refractivity contribution < 1.29 is 18.0 Å². The summed E-state index contributed by atoms with van der Waals surface area (Å²) < 4.78 is 25.7. The number of carbonyl (C=O) groups is 2. The van der Waals surface area contributed by atoms with Crippen LogP contribution in [0.2, 0.25) is 5.02 Å². The van der Waals surface area contributed by atoms with Crippen LogP contribution in [0.1, 0.15) is 49.9 Å². The molecule has 0 radical (unpaired) electrons. The number of rotatable bonds is 7. The van der Waals surface area contributed by atoms with Gasteiger partial charge in [-0.1, -0.05) is 44.4 Å². The monoisotopic (exact) mass is 462 g/mol. The smallest absolute Gasteiger partial charge is 0.251 e. The predicted octanol–water partition coefficient (Wildman–Crippen LogP) is 4.45. The fourth-order valence-electron chi connectivity index (χ4n) is 3.72. The molecule has 0 aliphatic heterocycles. The number of carbonyl (C=O) groups excluding carboxylic acids is 2. The standard InChI is InChI=1S/C23H27ClN2O4S/c1-15(2)21(26-22(27)16-10-12-17(24)13-11-16)23(28)25-18-6-5-9-20(14-18)31(29,30)19-7-3-4-8-19/h5-6,9-15,19,21H,3-4,7-8H2,1-2H3,(H,25,28)(H,26,27). The van der Waals surface area contributed by atoms with E-state index in [4.69, 9.17) is 11.6 Å². The summed E-state index contributed by atoms with van der Waals surface area (Å²) >= 11 is 5.86. The highest BCUT2D eigenvalue weighted by molar-refractivity contribution is 7.92. The largest absolute Gasteiger partial charge is 0.340 e. The maximum atomic E-state index is 12.9. The molecule has 0 saturated heterocycles. The van der Waals surface area contributed by atoms with E-state index in [1.807, 2.05) is 13.8 Å². The van der Waals surface area contributed by atoms with Gasteiger partial charge in [-0.25, -0.2) is 8.42 Å². The molecule has 166 valence electrons. The number of halogens is 1. The zero-order valence-corrected chi connectivity index (χ0v) is 19.2. The van der Waals surface area contributed by atoms with E-state index in [0.717, 1.165) is 12.8 Å². The molecule has 2 aromatic rings. The van der Waals surface area contributed by atoms with E-state index in [1.54, 1.807) is 42.5 Å². The van der Waals surface area contributed by atoms with Gasteiger partial charge in [0.15, 0.2) is 9.84 Å². The number of hydrogen-bond acceptors (Lipinski definition) is 4. The fourth-order valence-corrected chi connectivity index (χ4v) is 5.75. The minimum atomic E-state index is -3.42. The summed E-state index contributed by atoms with van der Waals surface area (Å²) in [4.78, 5) is 25.7. The first kappa shape index (κ1) is 23.3. The van der Waals surface area contributed by atoms with Crippen molar-refractivity contribution >= 4 is 38.9 Å². The van der Waals surface area contributed by atoms with Gasteiger partial charge in [0.05, 0.1) is 10.1 Å². The summed E-state index contributed by atoms with van der Waals surface area (Å²) in [5.74, 6) is -0.975. The Morgan fingerprint density at radius 3 is 2.29 bits per heavy atom. The van der Waals surface area contributed by atoms with Crippen LogP contribution in [0.4, 0.5) is 5.69 Å². The van der Waals surface area contributed by atoms with Crippen molar-refractivity contribution in [1.82, 2.24) is 5.32 Å². The van der Waals surface area contributed by atoms with Gasteiger partial charge < -0.3 is 10.6 Å². The lowest BCUT2D eigenvalue weighted by molar-refractivity contribution is -0.118. The topological polar surface area (TPSA) is 92.3 Å². The summed E-state index contributed by atoms with van der Waals surface area (Å²) in [5, 5.41) is 5.66. The average molecular weight is 463 g/mol. The minimum absolute atomic E-state index is 0.179. The van der Waals surface area contributed by atoms with Crippen molar-refractivity contribution in [3.8, 4) is 0 Å². The molecule has 1 aliphatic rings. The van der Waals surface area contributed by atoms with Crippen molar-refractivity contribution in [1.29, 1.82) is 0 Å². The predicted molar refractivity (Wildman–Crippen MR) is 122 cm³/mol. The van der Waals surface area contributed by atoms with Gasteiger partial charge in [0, 0.05) is 16.3 Å². The van der Waals surface area contributed by atoms with Crippen LogP contribution in [-0.4, -0.2) is 31.5 Å². The highest BCUT2D eigenvalue weighted by Crippen LogP contribution is 2.30. The first-order valence-corrected chi connectivity index (χ1v) is 12.3. The van der Waals surface area contributed by atoms with Gasteiger partial charge >= 0.3 is 0 Å². The fraction of sp³-hybridized carbons (Fsp3) is 0.391. The van der Waals surface area contributed by atoms with Crippen LogP contribution in [-0.2, 0) is 14.6 Å². The van der Waals surface area contributed by atoms with Crippen molar-refractivity contribution in [2.24, 2.45) is 5.92 Å². The summed E-state index contributed by atoms with van der Waals surface area (Å²) in [7, 11) is -3.42. The van der Waals surface area contributed by atoms with Crippen molar-refractivity contribution in [3.63, 3.8) is 0 Å². The van der Waals surface area contributed by atoms with Crippen LogP contribution in [0.3, 0.4) is 0 Å². The lowest BCUT2D eigenvalue weighted by Crippen LogP contribution is -2.47. The number of benzene rings is 2. The lowest BCUT2D eigenvalue weighted by Gasteiger charge is -2.22. The molecule has 6 nitrogen and oxygen atoms in total. The molecule has 1 fully saturated rings. The van der Waals surface area contributed by atoms with E-state index in [9.17, 15) is 18.0 Å². The summed E-state index contributed by atoms with van der Waals surface area (Å²) in [6, 6.07) is 11.9. The molecular formula is C23H27ClN2O4S. The van der Waals surface area contributed by atoms with E-state index >= 15 is 0 Å². The maximum Gasteiger partial charge on any atom is 0.251 e. The van der Waals surface area contributed by atoms with Crippen LogP contribution in [0.5, 0.6) is 0 Å². The van der Waals surface area contributed by atoms with Gasteiger partial charge in [0.2, 0.25) is 5.91 Å². The number of amides is 2. The molecular weight excluding hydrogens is 436 g/mol. The second-order valence-corrected chi connectivity index (χ2v) is 10.8. The normalized spacial score (nSPS) is 15.6. The molecule has 0 aromatic heterocycles. The Morgan fingerprint density at radius 2 is 1.68 bits per heavy atom. The molecule has 1 aliphatic carbocycles. The molecule has 2 amide bonds. The number of nitrogens with one attached hydrogen (secondary N) is 2. The number of anilines is 1. The molecule has 0 heterocycles. The summed E-state index contributed by atoms with van der Waals surface area (Å²) in [6.45, 7) is 3.65. The molecule has 1 unspecified atom stereocenters. The van der Waals surface area contributed by atoms with Crippen molar-refractivity contribution in [2.45, 2.75) is 55.7 Å². The van der Waals surface area contributed by atoms with Gasteiger partial charge in [0.25, 0.3) is 5.91 Å². The summed E-state index contributed by atoms with van der Waals surface area (Å²) in [5.41, 5.74) is 0.781.